The fraction of sp³-hybridized carbons (Fsp3) is 0.700. The number of aromatic nitrogens is 1. The van der Waals surface area contributed by atoms with E-state index in [1.807, 2.05) is 11.6 Å². The summed E-state index contributed by atoms with van der Waals surface area (Å²) in [5.41, 5.74) is 5.92. The maximum Gasteiger partial charge on any atom is 0.0937 e. The quantitative estimate of drug-likeness (QED) is 0.814. The van der Waals surface area contributed by atoms with Crippen LogP contribution in [0.5, 0.6) is 0 Å². The molecule has 0 aliphatic carbocycles. The maximum absolute atomic E-state index is 5.92. The minimum absolute atomic E-state index is 0.389. The number of piperidine rings is 1. The van der Waals surface area contributed by atoms with Crippen LogP contribution < -0.4 is 5.73 Å². The third-order valence-corrected chi connectivity index (χ3v) is 3.51. The standard InChI is InChI=1S/C10H17N3S/c11-9-2-1-5-13(8-9)6-3-10-12-4-7-14-10/h4,7,9H,1-3,5-6,8,11H2. The van der Waals surface area contributed by atoms with E-state index < -0.39 is 0 Å². The van der Waals surface area contributed by atoms with Gasteiger partial charge in [-0.1, -0.05) is 0 Å². The van der Waals surface area contributed by atoms with Crippen molar-refractivity contribution >= 4 is 11.3 Å². The Morgan fingerprint density at radius 3 is 3.29 bits per heavy atom. The Kier molecular flexibility index (Phi) is 3.50. The molecule has 1 aromatic rings. The van der Waals surface area contributed by atoms with Crippen molar-refractivity contribution in [3.63, 3.8) is 0 Å². The van der Waals surface area contributed by atoms with Gasteiger partial charge in [0.2, 0.25) is 0 Å². The van der Waals surface area contributed by atoms with Gasteiger partial charge in [-0.2, -0.15) is 0 Å². The fourth-order valence-electron chi connectivity index (χ4n) is 1.92. The molecule has 1 atom stereocenters. The van der Waals surface area contributed by atoms with Crippen molar-refractivity contribution in [1.29, 1.82) is 0 Å². The van der Waals surface area contributed by atoms with E-state index in [9.17, 15) is 0 Å². The van der Waals surface area contributed by atoms with Crippen LogP contribution in [0.1, 0.15) is 17.8 Å². The maximum atomic E-state index is 5.92. The molecule has 0 spiro atoms. The summed E-state index contributed by atoms with van der Waals surface area (Å²) in [5.74, 6) is 0. The van der Waals surface area contributed by atoms with Gasteiger partial charge in [0.1, 0.15) is 0 Å². The monoisotopic (exact) mass is 211 g/mol. The van der Waals surface area contributed by atoms with Gasteiger partial charge in [-0.05, 0) is 19.4 Å². The molecule has 2 rings (SSSR count). The molecule has 0 amide bonds. The van der Waals surface area contributed by atoms with Crippen molar-refractivity contribution in [2.75, 3.05) is 19.6 Å². The minimum Gasteiger partial charge on any atom is -0.327 e. The van der Waals surface area contributed by atoms with E-state index in [4.69, 9.17) is 5.73 Å². The summed E-state index contributed by atoms with van der Waals surface area (Å²) in [4.78, 5) is 6.73. The lowest BCUT2D eigenvalue weighted by molar-refractivity contribution is 0.211. The Morgan fingerprint density at radius 1 is 1.64 bits per heavy atom. The molecular formula is C10H17N3S. The Hall–Kier alpha value is -0.450. The largest absolute Gasteiger partial charge is 0.327 e. The van der Waals surface area contributed by atoms with Crippen molar-refractivity contribution in [3.8, 4) is 0 Å². The van der Waals surface area contributed by atoms with E-state index >= 15 is 0 Å². The number of hydrogen-bond acceptors (Lipinski definition) is 4. The van der Waals surface area contributed by atoms with Crippen molar-refractivity contribution in [3.05, 3.63) is 16.6 Å². The number of rotatable bonds is 3. The van der Waals surface area contributed by atoms with Crippen LogP contribution in [-0.2, 0) is 6.42 Å². The second-order valence-electron chi connectivity index (χ2n) is 3.88. The molecule has 0 aromatic carbocycles. The highest BCUT2D eigenvalue weighted by Gasteiger charge is 2.16. The molecule has 0 radical (unpaired) electrons. The van der Waals surface area contributed by atoms with Gasteiger partial charge >= 0.3 is 0 Å². The van der Waals surface area contributed by atoms with Gasteiger partial charge < -0.3 is 10.6 Å². The second-order valence-corrected chi connectivity index (χ2v) is 4.86. The summed E-state index contributed by atoms with van der Waals surface area (Å²) in [7, 11) is 0. The van der Waals surface area contributed by atoms with Crippen LogP contribution in [0.2, 0.25) is 0 Å². The van der Waals surface area contributed by atoms with Crippen LogP contribution in [-0.4, -0.2) is 35.6 Å². The van der Waals surface area contributed by atoms with Gasteiger partial charge in [0, 0.05) is 37.1 Å². The van der Waals surface area contributed by atoms with Crippen LogP contribution in [0, 0.1) is 0 Å². The zero-order valence-electron chi connectivity index (χ0n) is 8.35. The lowest BCUT2D eigenvalue weighted by atomic mass is 10.1. The van der Waals surface area contributed by atoms with Gasteiger partial charge in [0.25, 0.3) is 0 Å². The second kappa shape index (κ2) is 4.87. The third-order valence-electron chi connectivity index (χ3n) is 2.67. The van der Waals surface area contributed by atoms with E-state index in [1.54, 1.807) is 11.3 Å². The molecule has 2 N–H and O–H groups in total. The zero-order valence-corrected chi connectivity index (χ0v) is 9.17. The van der Waals surface area contributed by atoms with Crippen molar-refractivity contribution in [2.45, 2.75) is 25.3 Å². The molecule has 3 nitrogen and oxygen atoms in total. The predicted octanol–water partition coefficient (Wildman–Crippen LogP) is 1.11. The lowest BCUT2D eigenvalue weighted by Gasteiger charge is -2.30. The minimum atomic E-state index is 0.389. The number of hydrogen-bond donors (Lipinski definition) is 1. The van der Waals surface area contributed by atoms with Crippen LogP contribution in [0.4, 0.5) is 0 Å². The molecule has 1 aromatic heterocycles. The Morgan fingerprint density at radius 2 is 2.57 bits per heavy atom. The third kappa shape index (κ3) is 2.77. The average molecular weight is 211 g/mol. The SMILES string of the molecule is NC1CCCN(CCc2nccs2)C1. The molecule has 1 aliphatic rings. The van der Waals surface area contributed by atoms with E-state index in [-0.39, 0.29) is 0 Å². The topological polar surface area (TPSA) is 42.1 Å². The highest BCUT2D eigenvalue weighted by atomic mass is 32.1. The molecule has 14 heavy (non-hydrogen) atoms. The summed E-state index contributed by atoms with van der Waals surface area (Å²) < 4.78 is 0. The van der Waals surface area contributed by atoms with Crippen molar-refractivity contribution in [2.24, 2.45) is 5.73 Å². The molecule has 78 valence electrons. The Balaban J connectivity index is 1.75. The first-order valence-corrected chi connectivity index (χ1v) is 6.09. The molecule has 1 fully saturated rings. The van der Waals surface area contributed by atoms with Gasteiger partial charge in [0.15, 0.2) is 0 Å². The molecular weight excluding hydrogens is 194 g/mol. The molecule has 4 heteroatoms. The highest BCUT2D eigenvalue weighted by molar-refractivity contribution is 7.09. The van der Waals surface area contributed by atoms with Gasteiger partial charge in [-0.3, -0.25) is 0 Å². The Bertz CT molecular complexity index is 260. The molecule has 0 saturated carbocycles. The van der Waals surface area contributed by atoms with Gasteiger partial charge in [-0.15, -0.1) is 11.3 Å². The van der Waals surface area contributed by atoms with E-state index in [2.05, 4.69) is 9.88 Å². The summed E-state index contributed by atoms with van der Waals surface area (Å²) in [6.07, 6.45) is 5.39. The molecule has 0 bridgehead atoms. The summed E-state index contributed by atoms with van der Waals surface area (Å²) in [6.45, 7) is 3.38. The van der Waals surface area contributed by atoms with E-state index in [1.165, 1.54) is 24.4 Å². The summed E-state index contributed by atoms with van der Waals surface area (Å²) in [6, 6.07) is 0.389. The van der Waals surface area contributed by atoms with E-state index in [0.29, 0.717) is 6.04 Å². The molecule has 1 saturated heterocycles. The van der Waals surface area contributed by atoms with Crippen molar-refractivity contribution in [1.82, 2.24) is 9.88 Å². The van der Waals surface area contributed by atoms with Crippen LogP contribution in [0.25, 0.3) is 0 Å². The summed E-state index contributed by atoms with van der Waals surface area (Å²) in [5, 5.41) is 3.28. The first-order valence-electron chi connectivity index (χ1n) is 5.21. The smallest absolute Gasteiger partial charge is 0.0937 e. The van der Waals surface area contributed by atoms with Gasteiger partial charge in [-0.25, -0.2) is 4.98 Å². The predicted molar refractivity (Wildman–Crippen MR) is 59.5 cm³/mol. The number of nitrogens with two attached hydrogens (primary N) is 1. The number of thiazole rings is 1. The molecule has 1 aliphatic heterocycles. The normalized spacial score (nSPS) is 23.9. The number of nitrogens with zero attached hydrogens (tertiary/aromatic N) is 2. The highest BCUT2D eigenvalue weighted by Crippen LogP contribution is 2.10. The van der Waals surface area contributed by atoms with Crippen LogP contribution in [0.3, 0.4) is 0 Å². The lowest BCUT2D eigenvalue weighted by Crippen LogP contribution is -2.43. The number of likely N-dealkylation sites (tertiary alicyclic amines) is 1. The Labute approximate surface area is 88.9 Å². The van der Waals surface area contributed by atoms with Crippen molar-refractivity contribution < 1.29 is 0 Å². The fourth-order valence-corrected chi connectivity index (χ4v) is 2.53. The zero-order chi connectivity index (χ0) is 9.80. The first-order chi connectivity index (χ1) is 6.84. The van der Waals surface area contributed by atoms with Crippen LogP contribution >= 0.6 is 11.3 Å². The van der Waals surface area contributed by atoms with Crippen LogP contribution in [0.15, 0.2) is 11.6 Å². The van der Waals surface area contributed by atoms with Gasteiger partial charge in [0.05, 0.1) is 5.01 Å². The van der Waals surface area contributed by atoms with E-state index in [0.717, 1.165) is 19.5 Å². The molecule has 2 heterocycles. The summed E-state index contributed by atoms with van der Waals surface area (Å²) >= 11 is 1.74. The molecule has 1 unspecified atom stereocenters. The average Bonchev–Trinajstić information content (AvgIpc) is 2.67. The first kappa shape index (κ1) is 10.1.